The average molecular weight is 543 g/mol. The Kier molecular flexibility index (Phi) is 8.53. The van der Waals surface area contributed by atoms with E-state index in [-0.39, 0.29) is 22.4 Å². The maximum Gasteiger partial charge on any atom is 0.257 e. The molecule has 0 bridgehead atoms. The van der Waals surface area contributed by atoms with Crippen molar-refractivity contribution in [2.24, 2.45) is 9.98 Å². The van der Waals surface area contributed by atoms with Gasteiger partial charge in [-0.1, -0.05) is 11.6 Å². The van der Waals surface area contributed by atoms with E-state index in [1.54, 1.807) is 12.1 Å². The molecule has 3 aromatic carbocycles. The molecule has 0 spiro atoms. The van der Waals surface area contributed by atoms with E-state index in [2.05, 4.69) is 31.3 Å². The second-order valence-electron chi connectivity index (χ2n) is 9.49. The van der Waals surface area contributed by atoms with Crippen molar-refractivity contribution in [3.05, 3.63) is 94.0 Å². The topological polar surface area (TPSA) is 107 Å². The number of rotatable bonds is 6. The fraction of sp³-hybridized carbons (Fsp3) is 0.267. The first kappa shape index (κ1) is 26.4. The lowest BCUT2D eigenvalue weighted by Gasteiger charge is -2.11. The van der Waals surface area contributed by atoms with Crippen molar-refractivity contribution >= 4 is 46.5 Å². The summed E-state index contributed by atoms with van der Waals surface area (Å²) in [5.41, 5.74) is 3.91. The van der Waals surface area contributed by atoms with Crippen molar-refractivity contribution in [1.29, 1.82) is 0 Å². The molecular weight excluding hydrogens is 512 g/mol. The molecule has 0 unspecified atom stereocenters. The molecule has 2 aliphatic heterocycles. The summed E-state index contributed by atoms with van der Waals surface area (Å²) in [5.74, 6) is 1.10. The molecule has 2 amide bonds. The van der Waals surface area contributed by atoms with Gasteiger partial charge in [-0.25, -0.2) is 0 Å². The van der Waals surface area contributed by atoms with Gasteiger partial charge in [0, 0.05) is 54.2 Å². The molecule has 4 N–H and O–H groups in total. The first-order valence-corrected chi connectivity index (χ1v) is 13.6. The molecule has 0 aliphatic carbocycles. The minimum atomic E-state index is -0.352. The molecule has 5 rings (SSSR count). The van der Waals surface area contributed by atoms with Crippen LogP contribution in [0.25, 0.3) is 0 Å². The highest BCUT2D eigenvalue weighted by Gasteiger charge is 2.15. The Morgan fingerprint density at radius 2 is 1.18 bits per heavy atom. The normalized spacial score (nSPS) is 15.4. The zero-order chi connectivity index (χ0) is 27.0. The molecule has 2 heterocycles. The van der Waals surface area contributed by atoms with Crippen LogP contribution in [0.1, 0.15) is 57.5 Å². The van der Waals surface area contributed by atoms with Crippen LogP contribution >= 0.6 is 11.6 Å². The summed E-state index contributed by atoms with van der Waals surface area (Å²) in [6.07, 6.45) is 4.36. The maximum absolute atomic E-state index is 12.9. The summed E-state index contributed by atoms with van der Waals surface area (Å²) >= 11 is 6.41. The highest BCUT2D eigenvalue weighted by molar-refractivity contribution is 6.35. The number of halogens is 1. The summed E-state index contributed by atoms with van der Waals surface area (Å²) in [6.45, 7) is 3.44. The number of carbonyl (C=O) groups is 2. The van der Waals surface area contributed by atoms with Crippen LogP contribution in [0.5, 0.6) is 0 Å². The lowest BCUT2D eigenvalue weighted by molar-refractivity contribution is 0.101. The molecule has 200 valence electrons. The van der Waals surface area contributed by atoms with Gasteiger partial charge < -0.3 is 21.3 Å². The van der Waals surface area contributed by atoms with Gasteiger partial charge in [-0.15, -0.1) is 0 Å². The lowest BCUT2D eigenvalue weighted by atomic mass is 10.1. The van der Waals surface area contributed by atoms with Gasteiger partial charge in [0.05, 0.1) is 10.6 Å². The van der Waals surface area contributed by atoms with E-state index in [9.17, 15) is 9.59 Å². The highest BCUT2D eigenvalue weighted by atomic mass is 35.5. The van der Waals surface area contributed by atoms with Gasteiger partial charge in [-0.05, 0) is 92.4 Å². The van der Waals surface area contributed by atoms with Crippen LogP contribution in [-0.2, 0) is 0 Å². The molecule has 9 heteroatoms. The fourth-order valence-corrected chi connectivity index (χ4v) is 4.70. The average Bonchev–Trinajstić information content (AvgIpc) is 3.40. The van der Waals surface area contributed by atoms with Crippen LogP contribution in [0, 0.1) is 0 Å². The van der Waals surface area contributed by atoms with Gasteiger partial charge in [-0.3, -0.25) is 19.6 Å². The Hall–Kier alpha value is -4.17. The number of anilines is 2. The van der Waals surface area contributed by atoms with Gasteiger partial charge in [0.15, 0.2) is 0 Å². The number of nitrogens with one attached hydrogen (secondary N) is 4. The smallest absolute Gasteiger partial charge is 0.257 e. The third kappa shape index (κ3) is 6.83. The van der Waals surface area contributed by atoms with Gasteiger partial charge >= 0.3 is 0 Å². The molecule has 0 aromatic heterocycles. The molecular formula is C30H31ClN6O2. The van der Waals surface area contributed by atoms with E-state index < -0.39 is 0 Å². The second kappa shape index (κ2) is 12.6. The zero-order valence-electron chi connectivity index (χ0n) is 21.6. The number of nitrogens with zero attached hydrogens (tertiary/aromatic N) is 2. The molecule has 0 saturated heterocycles. The van der Waals surface area contributed by atoms with Crippen molar-refractivity contribution in [3.63, 3.8) is 0 Å². The van der Waals surface area contributed by atoms with E-state index in [4.69, 9.17) is 11.6 Å². The van der Waals surface area contributed by atoms with E-state index in [0.29, 0.717) is 16.9 Å². The number of amidine groups is 2. The van der Waals surface area contributed by atoms with Crippen molar-refractivity contribution in [2.75, 3.05) is 36.8 Å². The van der Waals surface area contributed by atoms with Crippen molar-refractivity contribution in [1.82, 2.24) is 10.6 Å². The Bertz CT molecular complexity index is 1400. The highest BCUT2D eigenvalue weighted by Crippen LogP contribution is 2.21. The second-order valence-corrected chi connectivity index (χ2v) is 9.89. The Labute approximate surface area is 233 Å². The number of hydrogen-bond donors (Lipinski definition) is 4. The third-order valence-electron chi connectivity index (χ3n) is 6.60. The van der Waals surface area contributed by atoms with Crippen LogP contribution in [0.15, 0.2) is 76.7 Å². The number of carbonyl (C=O) groups excluding carboxylic acids is 2. The number of benzene rings is 3. The summed E-state index contributed by atoms with van der Waals surface area (Å²) in [7, 11) is 0. The van der Waals surface area contributed by atoms with Crippen molar-refractivity contribution in [2.45, 2.75) is 25.7 Å². The lowest BCUT2D eigenvalue weighted by Crippen LogP contribution is -2.24. The molecule has 0 atom stereocenters. The van der Waals surface area contributed by atoms with E-state index in [1.165, 1.54) is 6.07 Å². The van der Waals surface area contributed by atoms with Crippen LogP contribution in [0.4, 0.5) is 11.4 Å². The molecule has 3 aromatic rings. The summed E-state index contributed by atoms with van der Waals surface area (Å²) in [6, 6.07) is 19.7. The number of hydrogen-bond acceptors (Lipinski definition) is 6. The molecule has 2 aliphatic rings. The Morgan fingerprint density at radius 1 is 0.667 bits per heavy atom. The van der Waals surface area contributed by atoms with Crippen LogP contribution in [0.3, 0.4) is 0 Å². The van der Waals surface area contributed by atoms with Crippen LogP contribution in [0.2, 0.25) is 5.02 Å². The first-order valence-electron chi connectivity index (χ1n) is 13.3. The van der Waals surface area contributed by atoms with Gasteiger partial charge in [0.1, 0.15) is 11.7 Å². The molecule has 0 radical (unpaired) electrons. The summed E-state index contributed by atoms with van der Waals surface area (Å²) < 4.78 is 0. The molecule has 8 nitrogen and oxygen atoms in total. The van der Waals surface area contributed by atoms with Gasteiger partial charge in [0.25, 0.3) is 11.8 Å². The van der Waals surface area contributed by atoms with Gasteiger partial charge in [-0.2, -0.15) is 0 Å². The minimum Gasteiger partial charge on any atom is -0.370 e. The zero-order valence-corrected chi connectivity index (χ0v) is 22.4. The Morgan fingerprint density at radius 3 is 1.69 bits per heavy atom. The molecule has 39 heavy (non-hydrogen) atoms. The summed E-state index contributed by atoms with van der Waals surface area (Å²) in [5, 5.41) is 12.6. The fourth-order valence-electron chi connectivity index (χ4n) is 4.43. The first-order chi connectivity index (χ1) is 19.1. The standard InChI is InChI=1S/C30H31ClN6O2/c31-26-19-22(29(38)36-23-10-5-20(6-11-23)27-32-15-1-2-16-33-27)9-14-25(26)30(39)37-24-12-7-21(8-13-24)28-34-17-3-4-18-35-28/h5-14,19H,1-4,15-18H2,(H,32,33)(H,34,35)(H,36,38)(H,37,39). The van der Waals surface area contributed by atoms with Gasteiger partial charge in [0.2, 0.25) is 0 Å². The van der Waals surface area contributed by atoms with E-state index in [1.807, 2.05) is 48.5 Å². The number of amides is 2. The van der Waals surface area contributed by atoms with Crippen LogP contribution < -0.4 is 21.3 Å². The SMILES string of the molecule is O=C(Nc1ccc(C2=NCCCCN2)cc1)c1ccc(C(=O)Nc2ccc(C3=NCCCCN3)cc2)c(Cl)c1. The number of aliphatic imine (C=N–C) groups is 2. The third-order valence-corrected chi connectivity index (χ3v) is 6.92. The predicted molar refractivity (Wildman–Crippen MR) is 158 cm³/mol. The summed E-state index contributed by atoms with van der Waals surface area (Å²) in [4.78, 5) is 34.9. The monoisotopic (exact) mass is 542 g/mol. The molecule has 0 fully saturated rings. The van der Waals surface area contributed by atoms with E-state index >= 15 is 0 Å². The van der Waals surface area contributed by atoms with Crippen LogP contribution in [-0.4, -0.2) is 49.7 Å². The largest absolute Gasteiger partial charge is 0.370 e. The molecule has 0 saturated carbocycles. The predicted octanol–water partition coefficient (Wildman–Crippen LogP) is 5.10. The van der Waals surface area contributed by atoms with Crippen molar-refractivity contribution < 1.29 is 9.59 Å². The van der Waals surface area contributed by atoms with E-state index in [0.717, 1.165) is 74.7 Å². The maximum atomic E-state index is 12.9. The Balaban J connectivity index is 1.20. The quantitative estimate of drug-likeness (QED) is 0.347. The van der Waals surface area contributed by atoms with Crippen molar-refractivity contribution in [3.8, 4) is 0 Å². The minimum absolute atomic E-state index is 0.196.